The zero-order valence-corrected chi connectivity index (χ0v) is 14.5. The molecule has 0 amide bonds. The summed E-state index contributed by atoms with van der Waals surface area (Å²) in [7, 11) is 1.68. The zero-order valence-electron chi connectivity index (χ0n) is 13.8. The van der Waals surface area contributed by atoms with E-state index >= 15 is 0 Å². The zero-order chi connectivity index (χ0) is 19.2. The lowest BCUT2D eigenvalue weighted by molar-refractivity contribution is -0.137. The molecule has 0 aliphatic rings. The topological polar surface area (TPSA) is 57.0 Å². The first-order valence-corrected chi connectivity index (χ1v) is 8.13. The number of benzene rings is 1. The number of alkyl halides is 3. The summed E-state index contributed by atoms with van der Waals surface area (Å²) in [6.45, 7) is 0. The van der Waals surface area contributed by atoms with Crippen LogP contribution in [0.4, 0.5) is 13.2 Å². The minimum Gasteiger partial charge on any atom is -0.459 e. The van der Waals surface area contributed by atoms with E-state index in [1.165, 1.54) is 12.3 Å². The normalized spacial score (nSPS) is 11.9. The van der Waals surface area contributed by atoms with E-state index in [0.29, 0.717) is 17.1 Å². The maximum absolute atomic E-state index is 13.0. The van der Waals surface area contributed by atoms with Gasteiger partial charge in [-0.05, 0) is 42.5 Å². The van der Waals surface area contributed by atoms with Crippen molar-refractivity contribution < 1.29 is 22.0 Å². The predicted octanol–water partition coefficient (Wildman–Crippen LogP) is 5.67. The summed E-state index contributed by atoms with van der Waals surface area (Å²) in [5.41, 5.74) is 0.496. The minimum atomic E-state index is -4.46. The molecule has 0 saturated carbocycles. The smallest absolute Gasteiger partial charge is 0.416 e. The molecule has 0 atom stereocenters. The maximum atomic E-state index is 13.0. The highest BCUT2D eigenvalue weighted by atomic mass is 35.5. The number of hydrogen-bond donors (Lipinski definition) is 0. The number of rotatable bonds is 3. The van der Waals surface area contributed by atoms with Gasteiger partial charge in [-0.3, -0.25) is 0 Å². The third-order valence-electron chi connectivity index (χ3n) is 4.07. The van der Waals surface area contributed by atoms with Gasteiger partial charge < -0.3 is 13.4 Å². The molecule has 27 heavy (non-hydrogen) atoms. The van der Waals surface area contributed by atoms with Gasteiger partial charge in [-0.1, -0.05) is 11.6 Å². The molecule has 0 aliphatic carbocycles. The fraction of sp³-hybridized carbons (Fsp3) is 0.111. The molecule has 3 heterocycles. The molecular weight excluding hydrogens is 383 g/mol. The van der Waals surface area contributed by atoms with Crippen LogP contribution in [0, 0.1) is 0 Å². The second-order valence-corrected chi connectivity index (χ2v) is 6.15. The first-order chi connectivity index (χ1) is 12.8. The van der Waals surface area contributed by atoms with Crippen molar-refractivity contribution in [3.63, 3.8) is 0 Å². The average molecular weight is 394 g/mol. The molecule has 0 radical (unpaired) electrons. The molecule has 0 unspecified atom stereocenters. The van der Waals surface area contributed by atoms with Crippen LogP contribution in [0.3, 0.4) is 0 Å². The van der Waals surface area contributed by atoms with Crippen molar-refractivity contribution in [1.29, 1.82) is 0 Å². The van der Waals surface area contributed by atoms with Crippen molar-refractivity contribution >= 4 is 11.6 Å². The summed E-state index contributed by atoms with van der Waals surface area (Å²) < 4.78 is 51.5. The summed E-state index contributed by atoms with van der Waals surface area (Å²) in [5, 5.41) is 8.11. The highest BCUT2D eigenvalue weighted by Crippen LogP contribution is 2.37. The standard InChI is InChI=1S/C18H11ClF3N3O2/c1-25-13(11-9-10(18(20,21)22)4-5-12(11)19)6-7-14(25)16-23-24-17(27-16)15-3-2-8-26-15/h2-9H,1H3. The first kappa shape index (κ1) is 17.4. The van der Waals surface area contributed by atoms with Crippen LogP contribution < -0.4 is 0 Å². The Morgan fingerprint density at radius 1 is 1.00 bits per heavy atom. The molecule has 0 bridgehead atoms. The Kier molecular flexibility index (Phi) is 4.07. The van der Waals surface area contributed by atoms with E-state index in [-0.39, 0.29) is 22.4 Å². The van der Waals surface area contributed by atoms with Gasteiger partial charge in [0.15, 0.2) is 5.76 Å². The minimum absolute atomic E-state index is 0.204. The van der Waals surface area contributed by atoms with E-state index in [2.05, 4.69) is 10.2 Å². The van der Waals surface area contributed by atoms with Crippen LogP contribution in [0.2, 0.25) is 5.02 Å². The van der Waals surface area contributed by atoms with Crippen molar-refractivity contribution in [1.82, 2.24) is 14.8 Å². The summed E-state index contributed by atoms with van der Waals surface area (Å²) in [6, 6.07) is 9.88. The predicted molar refractivity (Wildman–Crippen MR) is 91.9 cm³/mol. The number of halogens is 4. The largest absolute Gasteiger partial charge is 0.459 e. The van der Waals surface area contributed by atoms with E-state index in [9.17, 15) is 13.2 Å². The summed E-state index contributed by atoms with van der Waals surface area (Å²) in [5.74, 6) is 0.831. The van der Waals surface area contributed by atoms with Crippen molar-refractivity contribution in [2.75, 3.05) is 0 Å². The van der Waals surface area contributed by atoms with E-state index in [0.717, 1.165) is 12.1 Å². The van der Waals surface area contributed by atoms with Gasteiger partial charge in [0, 0.05) is 23.3 Å². The quantitative estimate of drug-likeness (QED) is 0.449. The van der Waals surface area contributed by atoms with Crippen molar-refractivity contribution in [2.45, 2.75) is 6.18 Å². The highest BCUT2D eigenvalue weighted by Gasteiger charge is 2.31. The van der Waals surface area contributed by atoms with Gasteiger partial charge in [-0.15, -0.1) is 10.2 Å². The van der Waals surface area contributed by atoms with Gasteiger partial charge in [0.1, 0.15) is 5.69 Å². The van der Waals surface area contributed by atoms with E-state index in [1.807, 2.05) is 0 Å². The molecule has 138 valence electrons. The Hall–Kier alpha value is -3.00. The Bertz CT molecular complexity index is 1100. The lowest BCUT2D eigenvalue weighted by Crippen LogP contribution is -2.05. The third kappa shape index (κ3) is 3.12. The maximum Gasteiger partial charge on any atom is 0.416 e. The number of nitrogens with zero attached hydrogens (tertiary/aromatic N) is 3. The fourth-order valence-electron chi connectivity index (χ4n) is 2.72. The molecule has 0 saturated heterocycles. The number of hydrogen-bond acceptors (Lipinski definition) is 4. The molecule has 0 spiro atoms. The lowest BCUT2D eigenvalue weighted by atomic mass is 10.1. The van der Waals surface area contributed by atoms with Crippen molar-refractivity contribution in [3.8, 4) is 34.5 Å². The molecule has 1 aromatic carbocycles. The Morgan fingerprint density at radius 2 is 1.74 bits per heavy atom. The van der Waals surface area contributed by atoms with Crippen LogP contribution in [-0.4, -0.2) is 14.8 Å². The summed E-state index contributed by atoms with van der Waals surface area (Å²) in [6.07, 6.45) is -2.98. The highest BCUT2D eigenvalue weighted by molar-refractivity contribution is 6.33. The SMILES string of the molecule is Cn1c(-c2nnc(-c3ccco3)o2)ccc1-c1cc(C(F)(F)F)ccc1Cl. The number of furan rings is 1. The third-order valence-corrected chi connectivity index (χ3v) is 4.40. The average Bonchev–Trinajstić information content (AvgIpc) is 3.34. The lowest BCUT2D eigenvalue weighted by Gasteiger charge is -2.12. The van der Waals surface area contributed by atoms with E-state index in [4.69, 9.17) is 20.4 Å². The van der Waals surface area contributed by atoms with Crippen molar-refractivity contribution in [3.05, 3.63) is 59.3 Å². The van der Waals surface area contributed by atoms with Crippen LogP contribution in [0.15, 0.2) is 57.6 Å². The molecule has 0 aliphatic heterocycles. The molecule has 4 rings (SSSR count). The first-order valence-electron chi connectivity index (χ1n) is 7.75. The molecule has 3 aromatic heterocycles. The van der Waals surface area contributed by atoms with E-state index in [1.54, 1.807) is 35.9 Å². The second kappa shape index (κ2) is 6.31. The molecule has 5 nitrogen and oxygen atoms in total. The van der Waals surface area contributed by atoms with Crippen LogP contribution in [0.1, 0.15) is 5.56 Å². The van der Waals surface area contributed by atoms with Crippen LogP contribution in [0.25, 0.3) is 34.5 Å². The van der Waals surface area contributed by atoms with Gasteiger partial charge >= 0.3 is 6.18 Å². The van der Waals surface area contributed by atoms with Gasteiger partial charge in [0.25, 0.3) is 11.8 Å². The molecule has 0 N–H and O–H groups in total. The molecular formula is C18H11ClF3N3O2. The van der Waals surface area contributed by atoms with Gasteiger partial charge in [-0.25, -0.2) is 0 Å². The second-order valence-electron chi connectivity index (χ2n) is 5.74. The van der Waals surface area contributed by atoms with Crippen molar-refractivity contribution in [2.24, 2.45) is 7.05 Å². The van der Waals surface area contributed by atoms with Crippen LogP contribution in [-0.2, 0) is 13.2 Å². The van der Waals surface area contributed by atoms with Crippen LogP contribution >= 0.6 is 11.6 Å². The van der Waals surface area contributed by atoms with Crippen LogP contribution in [0.5, 0.6) is 0 Å². The van der Waals surface area contributed by atoms with Gasteiger partial charge in [-0.2, -0.15) is 13.2 Å². The molecule has 9 heteroatoms. The monoisotopic (exact) mass is 393 g/mol. The van der Waals surface area contributed by atoms with Gasteiger partial charge in [0.05, 0.1) is 11.8 Å². The number of aromatic nitrogens is 3. The Morgan fingerprint density at radius 3 is 2.44 bits per heavy atom. The Labute approximate surface area is 156 Å². The molecule has 0 fully saturated rings. The summed E-state index contributed by atoms with van der Waals surface area (Å²) >= 11 is 6.14. The fourth-order valence-corrected chi connectivity index (χ4v) is 2.94. The summed E-state index contributed by atoms with van der Waals surface area (Å²) in [4.78, 5) is 0. The molecule has 4 aromatic rings. The van der Waals surface area contributed by atoms with E-state index < -0.39 is 11.7 Å². The van der Waals surface area contributed by atoms with Gasteiger partial charge in [0.2, 0.25) is 0 Å². The Balaban J connectivity index is 1.75.